The number of nitrogens with zero attached hydrogens (tertiary/aromatic N) is 3. The van der Waals surface area contributed by atoms with E-state index in [1.54, 1.807) is 31.5 Å². The Kier molecular flexibility index (Phi) is 7.63. The molecule has 0 saturated carbocycles. The van der Waals surface area contributed by atoms with E-state index in [1.165, 1.54) is 26.0 Å². The summed E-state index contributed by atoms with van der Waals surface area (Å²) in [4.78, 5) is 21.2. The molecule has 3 aromatic heterocycles. The van der Waals surface area contributed by atoms with Gasteiger partial charge in [0.15, 0.2) is 5.65 Å². The van der Waals surface area contributed by atoms with Crippen LogP contribution in [-0.4, -0.2) is 56.7 Å². The van der Waals surface area contributed by atoms with Crippen LogP contribution in [0.4, 0.5) is 19.3 Å². The van der Waals surface area contributed by atoms with E-state index in [0.717, 1.165) is 10.9 Å². The minimum atomic E-state index is -1.43. The van der Waals surface area contributed by atoms with Crippen molar-refractivity contribution in [1.82, 2.24) is 25.5 Å². The van der Waals surface area contributed by atoms with E-state index >= 15 is 0 Å². The van der Waals surface area contributed by atoms with Gasteiger partial charge in [-0.25, -0.2) is 23.5 Å². The van der Waals surface area contributed by atoms with Crippen molar-refractivity contribution in [2.24, 2.45) is 0 Å². The zero-order chi connectivity index (χ0) is 26.6. The second-order valence-electron chi connectivity index (χ2n) is 9.14. The van der Waals surface area contributed by atoms with Gasteiger partial charge in [0.2, 0.25) is 5.88 Å². The third-order valence-electron chi connectivity index (χ3n) is 5.65. The molecule has 0 radical (unpaired) electrons. The summed E-state index contributed by atoms with van der Waals surface area (Å²) in [6.07, 6.45) is 3.40. The first-order valence-corrected chi connectivity index (χ1v) is 11.7. The Morgan fingerprint density at radius 1 is 1.22 bits per heavy atom. The zero-order valence-electron chi connectivity index (χ0n) is 20.7. The Labute approximate surface area is 212 Å². The number of alkyl halides is 1. The van der Waals surface area contributed by atoms with Crippen LogP contribution >= 0.6 is 0 Å². The summed E-state index contributed by atoms with van der Waals surface area (Å²) in [6, 6.07) is 7.51. The molecule has 0 bridgehead atoms. The fraction of sp³-hybridized carbons (Fsp3) is 0.308. The molecule has 0 atom stereocenters. The zero-order valence-corrected chi connectivity index (χ0v) is 20.7. The smallest absolute Gasteiger partial charge is 0.319 e. The number of benzene rings is 1. The minimum absolute atomic E-state index is 0.0325. The number of hydrogen-bond donors (Lipinski definition) is 4. The molecule has 3 heterocycles. The molecular weight excluding hydrogens is 482 g/mol. The van der Waals surface area contributed by atoms with Crippen LogP contribution in [0.5, 0.6) is 5.88 Å². The van der Waals surface area contributed by atoms with E-state index in [4.69, 9.17) is 4.74 Å². The number of urea groups is 1. The predicted molar refractivity (Wildman–Crippen MR) is 137 cm³/mol. The SMILES string of the molecule is Cc1cc(F)c(NC(=O)NCCC(C)(C)F)cc1-c1cc(OCCO)nc(-c2ccnc3[nH]ncc23)c1. The summed E-state index contributed by atoms with van der Waals surface area (Å²) < 4.78 is 34.1. The fourth-order valence-electron chi connectivity index (χ4n) is 3.82. The molecule has 0 fully saturated rings. The quantitative estimate of drug-likeness (QED) is 0.257. The van der Waals surface area contributed by atoms with Crippen LogP contribution in [-0.2, 0) is 0 Å². The van der Waals surface area contributed by atoms with Crippen LogP contribution in [0.2, 0.25) is 0 Å². The summed E-state index contributed by atoms with van der Waals surface area (Å²) >= 11 is 0. The highest BCUT2D eigenvalue weighted by Crippen LogP contribution is 2.35. The van der Waals surface area contributed by atoms with Crippen molar-refractivity contribution >= 4 is 22.8 Å². The number of carbonyl (C=O) groups is 1. The number of aliphatic hydroxyl groups excluding tert-OH is 1. The van der Waals surface area contributed by atoms with E-state index in [2.05, 4.69) is 30.8 Å². The van der Waals surface area contributed by atoms with Gasteiger partial charge < -0.3 is 20.5 Å². The average molecular weight is 511 g/mol. The Hall–Kier alpha value is -4.12. The lowest BCUT2D eigenvalue weighted by Crippen LogP contribution is -2.32. The molecule has 0 aliphatic carbocycles. The molecule has 0 unspecified atom stereocenters. The number of ether oxygens (including phenoxy) is 1. The number of fused-ring (bicyclic) bond motifs is 1. The van der Waals surface area contributed by atoms with Crippen LogP contribution in [0.15, 0.2) is 42.7 Å². The standard InChI is InChI=1S/C26H28F2N6O3/c1-15-10-20(27)22(33-25(36)30-7-5-26(2,3)28)13-18(15)16-11-21(32-23(12-16)37-9-8-35)17-4-6-29-24-19(17)14-31-34-24/h4,6,10-14,35H,5,7-9H2,1-3H3,(H,29,31,34)(H2,30,33,36). The van der Waals surface area contributed by atoms with Crippen molar-refractivity contribution in [2.45, 2.75) is 32.9 Å². The third kappa shape index (κ3) is 6.36. The van der Waals surface area contributed by atoms with Gasteiger partial charge in [-0.1, -0.05) is 0 Å². The van der Waals surface area contributed by atoms with Gasteiger partial charge >= 0.3 is 6.03 Å². The molecule has 11 heteroatoms. The number of rotatable bonds is 9. The first-order valence-electron chi connectivity index (χ1n) is 11.7. The lowest BCUT2D eigenvalue weighted by molar-refractivity contribution is 0.197. The van der Waals surface area contributed by atoms with Gasteiger partial charge in [-0.15, -0.1) is 0 Å². The van der Waals surface area contributed by atoms with Crippen LogP contribution in [0.25, 0.3) is 33.4 Å². The molecular formula is C26H28F2N6O3. The highest BCUT2D eigenvalue weighted by molar-refractivity contribution is 5.93. The van der Waals surface area contributed by atoms with Crippen LogP contribution in [0, 0.1) is 12.7 Å². The van der Waals surface area contributed by atoms with Gasteiger partial charge in [-0.2, -0.15) is 5.10 Å². The summed E-state index contributed by atoms with van der Waals surface area (Å²) in [5.74, 6) is -0.345. The maximum atomic E-state index is 14.8. The highest BCUT2D eigenvalue weighted by Gasteiger charge is 2.18. The summed E-state index contributed by atoms with van der Waals surface area (Å²) in [7, 11) is 0. The molecule has 9 nitrogen and oxygen atoms in total. The molecule has 4 aromatic rings. The number of aromatic amines is 1. The van der Waals surface area contributed by atoms with Gasteiger partial charge in [-0.3, -0.25) is 5.10 Å². The number of anilines is 1. The van der Waals surface area contributed by atoms with E-state index in [1.807, 2.05) is 6.07 Å². The number of aliphatic hydroxyl groups is 1. The van der Waals surface area contributed by atoms with Crippen molar-refractivity contribution < 1.29 is 23.4 Å². The Bertz CT molecular complexity index is 1420. The Morgan fingerprint density at radius 2 is 2.03 bits per heavy atom. The molecule has 2 amide bonds. The molecule has 0 aliphatic heterocycles. The van der Waals surface area contributed by atoms with E-state index in [-0.39, 0.29) is 37.7 Å². The van der Waals surface area contributed by atoms with Gasteiger partial charge in [-0.05, 0) is 68.1 Å². The Balaban J connectivity index is 1.71. The maximum absolute atomic E-state index is 14.8. The number of halogens is 2. The van der Waals surface area contributed by atoms with E-state index in [0.29, 0.717) is 28.0 Å². The molecule has 37 heavy (non-hydrogen) atoms. The number of aromatic nitrogens is 4. The second kappa shape index (κ2) is 10.9. The van der Waals surface area contributed by atoms with Crippen molar-refractivity contribution in [3.05, 3.63) is 54.1 Å². The van der Waals surface area contributed by atoms with Gasteiger partial charge in [0.05, 0.1) is 24.2 Å². The number of carbonyl (C=O) groups excluding carboxylic acids is 1. The molecule has 4 rings (SSSR count). The molecule has 4 N–H and O–H groups in total. The van der Waals surface area contributed by atoms with Gasteiger partial charge in [0.1, 0.15) is 18.1 Å². The third-order valence-corrected chi connectivity index (χ3v) is 5.65. The first-order chi connectivity index (χ1) is 17.6. The van der Waals surface area contributed by atoms with Gasteiger partial charge in [0, 0.05) is 29.8 Å². The molecule has 1 aromatic carbocycles. The van der Waals surface area contributed by atoms with Crippen molar-refractivity contribution in [2.75, 3.05) is 25.1 Å². The van der Waals surface area contributed by atoms with Crippen molar-refractivity contribution in [1.29, 1.82) is 0 Å². The number of hydrogen-bond acceptors (Lipinski definition) is 6. The van der Waals surface area contributed by atoms with Crippen molar-refractivity contribution in [3.8, 4) is 28.3 Å². The topological polar surface area (TPSA) is 125 Å². The minimum Gasteiger partial charge on any atom is -0.475 e. The number of H-pyrrole nitrogens is 1. The highest BCUT2D eigenvalue weighted by atomic mass is 19.1. The predicted octanol–water partition coefficient (Wildman–Crippen LogP) is 4.77. The van der Waals surface area contributed by atoms with E-state index in [9.17, 15) is 18.7 Å². The largest absolute Gasteiger partial charge is 0.475 e. The van der Waals surface area contributed by atoms with E-state index < -0.39 is 17.5 Å². The molecule has 0 aliphatic rings. The number of amides is 2. The molecule has 194 valence electrons. The van der Waals surface area contributed by atoms with Crippen molar-refractivity contribution in [3.63, 3.8) is 0 Å². The van der Waals surface area contributed by atoms with Gasteiger partial charge in [0.25, 0.3) is 0 Å². The number of pyridine rings is 2. The summed E-state index contributed by atoms with van der Waals surface area (Å²) in [5, 5.41) is 21.9. The average Bonchev–Trinajstić information content (AvgIpc) is 3.32. The Morgan fingerprint density at radius 3 is 2.78 bits per heavy atom. The summed E-state index contributed by atoms with van der Waals surface area (Å²) in [5.41, 5.74) is 2.36. The first kappa shape index (κ1) is 26.0. The summed E-state index contributed by atoms with van der Waals surface area (Å²) in [6.45, 7) is 4.54. The normalized spacial score (nSPS) is 11.5. The monoisotopic (exact) mass is 510 g/mol. The molecule has 0 saturated heterocycles. The number of aryl methyl sites for hydroxylation is 1. The lowest BCUT2D eigenvalue weighted by Gasteiger charge is -2.16. The lowest BCUT2D eigenvalue weighted by atomic mass is 9.98. The maximum Gasteiger partial charge on any atom is 0.319 e. The number of nitrogens with one attached hydrogen (secondary N) is 3. The van der Waals surface area contributed by atoms with Crippen LogP contribution in [0.3, 0.4) is 0 Å². The second-order valence-corrected chi connectivity index (χ2v) is 9.14. The van der Waals surface area contributed by atoms with Crippen LogP contribution in [0.1, 0.15) is 25.8 Å². The fourth-order valence-corrected chi connectivity index (χ4v) is 3.82. The van der Waals surface area contributed by atoms with Crippen LogP contribution < -0.4 is 15.4 Å². The molecule has 0 spiro atoms.